The van der Waals surface area contributed by atoms with Crippen LogP contribution < -0.4 is 25.4 Å². The van der Waals surface area contributed by atoms with Crippen LogP contribution in [0.4, 0.5) is 10.7 Å². The van der Waals surface area contributed by atoms with Gasteiger partial charge in [0.15, 0.2) is 0 Å². The van der Waals surface area contributed by atoms with Gasteiger partial charge in [-0.2, -0.15) is 0 Å². The molecule has 134 valence electrons. The SMILES string of the molecule is COc1ccc(OC)c(C(C)NC(=O)NCCNc2ncccn2)c1. The summed E-state index contributed by atoms with van der Waals surface area (Å²) in [6, 6.07) is 6.70. The normalized spacial score (nSPS) is 11.3. The molecule has 0 aliphatic heterocycles. The lowest BCUT2D eigenvalue weighted by atomic mass is 10.1. The van der Waals surface area contributed by atoms with Gasteiger partial charge in [0.05, 0.1) is 20.3 Å². The number of hydrogen-bond donors (Lipinski definition) is 3. The van der Waals surface area contributed by atoms with Gasteiger partial charge in [-0.25, -0.2) is 14.8 Å². The van der Waals surface area contributed by atoms with Crippen molar-refractivity contribution >= 4 is 12.0 Å². The van der Waals surface area contributed by atoms with Gasteiger partial charge >= 0.3 is 6.03 Å². The zero-order chi connectivity index (χ0) is 18.1. The lowest BCUT2D eigenvalue weighted by Crippen LogP contribution is -2.39. The number of carbonyl (C=O) groups excluding carboxylic acids is 1. The highest BCUT2D eigenvalue weighted by atomic mass is 16.5. The number of amides is 2. The van der Waals surface area contributed by atoms with Crippen molar-refractivity contribution in [1.82, 2.24) is 20.6 Å². The molecule has 0 radical (unpaired) electrons. The fraction of sp³-hybridized carbons (Fsp3) is 0.353. The van der Waals surface area contributed by atoms with Crippen LogP contribution in [0.5, 0.6) is 11.5 Å². The van der Waals surface area contributed by atoms with Crippen LogP contribution in [0.1, 0.15) is 18.5 Å². The molecule has 3 N–H and O–H groups in total. The number of nitrogens with one attached hydrogen (secondary N) is 3. The molecule has 0 saturated heterocycles. The molecule has 0 saturated carbocycles. The second-order valence-electron chi connectivity index (χ2n) is 5.23. The zero-order valence-electron chi connectivity index (χ0n) is 14.6. The molecule has 25 heavy (non-hydrogen) atoms. The van der Waals surface area contributed by atoms with Gasteiger partial charge in [0.1, 0.15) is 11.5 Å². The van der Waals surface area contributed by atoms with Gasteiger partial charge in [-0.05, 0) is 31.2 Å². The highest BCUT2D eigenvalue weighted by Crippen LogP contribution is 2.29. The molecule has 0 spiro atoms. The molecule has 2 aromatic rings. The molecule has 0 aliphatic carbocycles. The van der Waals surface area contributed by atoms with Crippen LogP contribution >= 0.6 is 0 Å². The Morgan fingerprint density at radius 3 is 2.60 bits per heavy atom. The summed E-state index contributed by atoms with van der Waals surface area (Å²) in [7, 11) is 3.19. The van der Waals surface area contributed by atoms with E-state index in [0.717, 1.165) is 5.56 Å². The van der Waals surface area contributed by atoms with E-state index in [0.29, 0.717) is 30.5 Å². The Labute approximate surface area is 147 Å². The molecule has 1 atom stereocenters. The van der Waals surface area contributed by atoms with Gasteiger partial charge in [0.25, 0.3) is 0 Å². The molecule has 1 aromatic heterocycles. The molecule has 1 heterocycles. The quantitative estimate of drug-likeness (QED) is 0.633. The van der Waals surface area contributed by atoms with Gasteiger partial charge in [-0.15, -0.1) is 0 Å². The summed E-state index contributed by atoms with van der Waals surface area (Å²) in [6.45, 7) is 2.84. The topological polar surface area (TPSA) is 97.4 Å². The van der Waals surface area contributed by atoms with E-state index in [4.69, 9.17) is 9.47 Å². The minimum Gasteiger partial charge on any atom is -0.497 e. The summed E-state index contributed by atoms with van der Waals surface area (Å²) in [5.41, 5.74) is 0.841. The molecule has 1 unspecified atom stereocenters. The van der Waals surface area contributed by atoms with E-state index in [-0.39, 0.29) is 12.1 Å². The second kappa shape index (κ2) is 9.31. The fourth-order valence-electron chi connectivity index (χ4n) is 2.24. The van der Waals surface area contributed by atoms with Crippen molar-refractivity contribution in [1.29, 1.82) is 0 Å². The standard InChI is InChI=1S/C17H23N5O3/c1-12(14-11-13(24-2)5-6-15(14)25-3)22-17(23)21-10-9-20-16-18-7-4-8-19-16/h4-8,11-12H,9-10H2,1-3H3,(H,18,19,20)(H2,21,22,23). The van der Waals surface area contributed by atoms with Crippen LogP contribution in [-0.2, 0) is 0 Å². The molecule has 1 aromatic carbocycles. The number of anilines is 1. The minimum atomic E-state index is -0.270. The number of urea groups is 1. The largest absolute Gasteiger partial charge is 0.497 e. The Morgan fingerprint density at radius 1 is 1.16 bits per heavy atom. The second-order valence-corrected chi connectivity index (χ2v) is 5.23. The Morgan fingerprint density at radius 2 is 1.92 bits per heavy atom. The summed E-state index contributed by atoms with van der Waals surface area (Å²) in [5.74, 6) is 1.92. The van der Waals surface area contributed by atoms with Crippen molar-refractivity contribution < 1.29 is 14.3 Å². The molecule has 0 aliphatic rings. The summed E-state index contributed by atoms with van der Waals surface area (Å²) in [6.07, 6.45) is 3.30. The van der Waals surface area contributed by atoms with Gasteiger partial charge in [0, 0.05) is 31.0 Å². The first-order valence-electron chi connectivity index (χ1n) is 7.91. The maximum absolute atomic E-state index is 12.0. The van der Waals surface area contributed by atoms with E-state index in [9.17, 15) is 4.79 Å². The van der Waals surface area contributed by atoms with Crippen LogP contribution in [0, 0.1) is 0 Å². The minimum absolute atomic E-state index is 0.240. The van der Waals surface area contributed by atoms with E-state index in [1.807, 2.05) is 25.1 Å². The van der Waals surface area contributed by atoms with Crippen LogP contribution in [0.25, 0.3) is 0 Å². The molecule has 2 rings (SSSR count). The molecule has 0 bridgehead atoms. The maximum Gasteiger partial charge on any atom is 0.315 e. The molecular formula is C17H23N5O3. The van der Waals surface area contributed by atoms with Gasteiger partial charge in [-0.3, -0.25) is 0 Å². The lowest BCUT2D eigenvalue weighted by molar-refractivity contribution is 0.238. The first kappa shape index (κ1) is 18.3. The smallest absolute Gasteiger partial charge is 0.315 e. The van der Waals surface area contributed by atoms with Crippen molar-refractivity contribution in [3.63, 3.8) is 0 Å². The van der Waals surface area contributed by atoms with E-state index in [1.165, 1.54) is 0 Å². The van der Waals surface area contributed by atoms with Crippen LogP contribution in [0.3, 0.4) is 0 Å². The Balaban J connectivity index is 1.81. The van der Waals surface area contributed by atoms with E-state index in [1.54, 1.807) is 32.7 Å². The fourth-order valence-corrected chi connectivity index (χ4v) is 2.24. The molecular weight excluding hydrogens is 322 g/mol. The third kappa shape index (κ3) is 5.52. The number of nitrogens with zero attached hydrogens (tertiary/aromatic N) is 2. The zero-order valence-corrected chi connectivity index (χ0v) is 14.6. The van der Waals surface area contributed by atoms with E-state index >= 15 is 0 Å². The first-order valence-corrected chi connectivity index (χ1v) is 7.91. The van der Waals surface area contributed by atoms with Crippen LogP contribution in [0.2, 0.25) is 0 Å². The average Bonchev–Trinajstić information content (AvgIpc) is 2.65. The van der Waals surface area contributed by atoms with E-state index in [2.05, 4.69) is 25.9 Å². The van der Waals surface area contributed by atoms with Crippen molar-refractivity contribution in [2.24, 2.45) is 0 Å². The highest BCUT2D eigenvalue weighted by molar-refractivity contribution is 5.74. The summed E-state index contributed by atoms with van der Waals surface area (Å²) in [4.78, 5) is 20.1. The number of benzene rings is 1. The molecule has 2 amide bonds. The molecule has 8 nitrogen and oxygen atoms in total. The summed E-state index contributed by atoms with van der Waals surface area (Å²) < 4.78 is 10.6. The van der Waals surface area contributed by atoms with Crippen molar-refractivity contribution in [3.8, 4) is 11.5 Å². The molecule has 0 fully saturated rings. The van der Waals surface area contributed by atoms with Gasteiger partial charge in [-0.1, -0.05) is 0 Å². The average molecular weight is 345 g/mol. The summed E-state index contributed by atoms with van der Waals surface area (Å²) >= 11 is 0. The number of carbonyl (C=O) groups is 1. The van der Waals surface area contributed by atoms with Gasteiger partial charge in [0.2, 0.25) is 5.95 Å². The number of rotatable bonds is 8. The van der Waals surface area contributed by atoms with Crippen LogP contribution in [-0.4, -0.2) is 43.3 Å². The molecule has 8 heteroatoms. The first-order chi connectivity index (χ1) is 12.1. The summed E-state index contributed by atoms with van der Waals surface area (Å²) in [5, 5.41) is 8.67. The van der Waals surface area contributed by atoms with Gasteiger partial charge < -0.3 is 25.4 Å². The number of aromatic nitrogens is 2. The van der Waals surface area contributed by atoms with Crippen molar-refractivity contribution in [2.75, 3.05) is 32.6 Å². The predicted molar refractivity (Wildman–Crippen MR) is 95.0 cm³/mol. The number of hydrogen-bond acceptors (Lipinski definition) is 6. The monoisotopic (exact) mass is 345 g/mol. The Kier molecular flexibility index (Phi) is 6.82. The Hall–Kier alpha value is -3.03. The third-order valence-electron chi connectivity index (χ3n) is 3.51. The maximum atomic E-state index is 12.0. The predicted octanol–water partition coefficient (Wildman–Crippen LogP) is 1.97. The number of methoxy groups -OCH3 is 2. The van der Waals surface area contributed by atoms with E-state index < -0.39 is 0 Å². The third-order valence-corrected chi connectivity index (χ3v) is 3.51. The lowest BCUT2D eigenvalue weighted by Gasteiger charge is -2.18. The Bertz CT molecular complexity index is 681. The number of ether oxygens (including phenoxy) is 2. The van der Waals surface area contributed by atoms with Crippen molar-refractivity contribution in [2.45, 2.75) is 13.0 Å². The van der Waals surface area contributed by atoms with Crippen LogP contribution in [0.15, 0.2) is 36.7 Å². The highest BCUT2D eigenvalue weighted by Gasteiger charge is 2.15. The van der Waals surface area contributed by atoms with Crippen molar-refractivity contribution in [3.05, 3.63) is 42.2 Å².